The Kier molecular flexibility index (Phi) is 5.33. The van der Waals surface area contributed by atoms with Crippen molar-refractivity contribution in [3.05, 3.63) is 59.6 Å². The minimum Gasteiger partial charge on any atom is -0.462 e. The average Bonchev–Trinajstić information content (AvgIpc) is 3.04. The van der Waals surface area contributed by atoms with Crippen molar-refractivity contribution in [3.63, 3.8) is 0 Å². The molecular weight excluding hydrogens is 304 g/mol. The number of nitrogens with one attached hydrogen (secondary N) is 1. The molecule has 0 aliphatic carbocycles. The first-order chi connectivity index (χ1) is 11.7. The van der Waals surface area contributed by atoms with Gasteiger partial charge in [-0.2, -0.15) is 0 Å². The summed E-state index contributed by atoms with van der Waals surface area (Å²) in [6.45, 7) is 5.61. The van der Waals surface area contributed by atoms with E-state index in [1.165, 1.54) is 6.08 Å². The molecule has 1 aromatic carbocycles. The molecule has 5 nitrogen and oxygen atoms in total. The molecule has 0 unspecified atom stereocenters. The Morgan fingerprint density at radius 3 is 2.75 bits per heavy atom. The van der Waals surface area contributed by atoms with E-state index in [9.17, 15) is 4.79 Å². The van der Waals surface area contributed by atoms with Crippen molar-refractivity contribution in [2.75, 3.05) is 31.2 Å². The van der Waals surface area contributed by atoms with Crippen molar-refractivity contribution >= 4 is 17.7 Å². The lowest BCUT2D eigenvalue weighted by Gasteiger charge is -2.30. The van der Waals surface area contributed by atoms with Crippen LogP contribution in [0.1, 0.15) is 17.1 Å². The van der Waals surface area contributed by atoms with E-state index >= 15 is 0 Å². The number of anilines is 1. The normalized spacial score (nSPS) is 15.0. The van der Waals surface area contributed by atoms with E-state index in [1.807, 2.05) is 37.3 Å². The lowest BCUT2D eigenvalue weighted by Crippen LogP contribution is -2.37. The largest absolute Gasteiger partial charge is 0.462 e. The third-order valence-corrected chi connectivity index (χ3v) is 3.96. The maximum Gasteiger partial charge on any atom is 0.244 e. The molecule has 1 aliphatic rings. The summed E-state index contributed by atoms with van der Waals surface area (Å²) in [5.41, 5.74) is 2.27. The monoisotopic (exact) mass is 326 g/mol. The van der Waals surface area contributed by atoms with Gasteiger partial charge < -0.3 is 19.4 Å². The van der Waals surface area contributed by atoms with Crippen molar-refractivity contribution in [1.82, 2.24) is 5.32 Å². The molecule has 1 aliphatic heterocycles. The SMILES string of the molecule is Cc1ccc(C=CC(=O)NCc2ccccc2N2CCOCC2)o1. The second-order valence-corrected chi connectivity index (χ2v) is 5.73. The molecule has 24 heavy (non-hydrogen) atoms. The van der Waals surface area contributed by atoms with E-state index in [-0.39, 0.29) is 5.91 Å². The second kappa shape index (κ2) is 7.84. The van der Waals surface area contributed by atoms with Crippen molar-refractivity contribution in [1.29, 1.82) is 0 Å². The lowest BCUT2D eigenvalue weighted by molar-refractivity contribution is -0.116. The number of hydrogen-bond donors (Lipinski definition) is 1. The van der Waals surface area contributed by atoms with Gasteiger partial charge in [0.1, 0.15) is 11.5 Å². The number of benzene rings is 1. The summed E-state index contributed by atoms with van der Waals surface area (Å²) in [7, 11) is 0. The zero-order valence-corrected chi connectivity index (χ0v) is 13.8. The van der Waals surface area contributed by atoms with Crippen molar-refractivity contribution in [2.45, 2.75) is 13.5 Å². The van der Waals surface area contributed by atoms with Gasteiger partial charge in [0.25, 0.3) is 0 Å². The molecule has 0 radical (unpaired) electrons. The van der Waals surface area contributed by atoms with E-state index in [0.29, 0.717) is 12.3 Å². The van der Waals surface area contributed by atoms with Crippen molar-refractivity contribution < 1.29 is 13.9 Å². The molecule has 0 saturated carbocycles. The number of furan rings is 1. The first kappa shape index (κ1) is 16.3. The molecule has 1 amide bonds. The zero-order valence-electron chi connectivity index (χ0n) is 13.8. The maximum absolute atomic E-state index is 12.0. The first-order valence-electron chi connectivity index (χ1n) is 8.15. The quantitative estimate of drug-likeness (QED) is 0.859. The van der Waals surface area contributed by atoms with Crippen LogP contribution in [0.5, 0.6) is 0 Å². The first-order valence-corrected chi connectivity index (χ1v) is 8.15. The van der Waals surface area contributed by atoms with Gasteiger partial charge in [0.15, 0.2) is 0 Å². The molecule has 0 bridgehead atoms. The summed E-state index contributed by atoms with van der Waals surface area (Å²) in [5, 5.41) is 2.93. The van der Waals surface area contributed by atoms with Gasteiger partial charge in [0.05, 0.1) is 13.2 Å². The number of morpholine rings is 1. The Morgan fingerprint density at radius 2 is 2.00 bits per heavy atom. The van der Waals surface area contributed by atoms with Gasteiger partial charge in [-0.25, -0.2) is 0 Å². The molecule has 2 heterocycles. The van der Waals surface area contributed by atoms with Crippen molar-refractivity contribution in [3.8, 4) is 0 Å². The Bertz CT molecular complexity index is 715. The van der Waals surface area contributed by atoms with Crippen LogP contribution in [-0.4, -0.2) is 32.2 Å². The smallest absolute Gasteiger partial charge is 0.244 e. The number of nitrogens with zero attached hydrogens (tertiary/aromatic N) is 1. The summed E-state index contributed by atoms with van der Waals surface area (Å²) in [4.78, 5) is 14.3. The molecule has 5 heteroatoms. The van der Waals surface area contributed by atoms with Gasteiger partial charge in [-0.1, -0.05) is 18.2 Å². The fraction of sp³-hybridized carbons (Fsp3) is 0.316. The Labute approximate surface area is 141 Å². The van der Waals surface area contributed by atoms with Crippen LogP contribution in [0.25, 0.3) is 6.08 Å². The van der Waals surface area contributed by atoms with Crippen LogP contribution in [0.4, 0.5) is 5.69 Å². The number of amides is 1. The van der Waals surface area contributed by atoms with Crippen LogP contribution in [-0.2, 0) is 16.1 Å². The number of ether oxygens (including phenoxy) is 1. The Hall–Kier alpha value is -2.53. The molecule has 2 aromatic rings. The van der Waals surface area contributed by atoms with E-state index in [2.05, 4.69) is 16.3 Å². The van der Waals surface area contributed by atoms with Gasteiger partial charge in [-0.15, -0.1) is 0 Å². The highest BCUT2D eigenvalue weighted by atomic mass is 16.5. The standard InChI is InChI=1S/C19H22N2O3/c1-15-6-7-17(24-15)8-9-19(22)20-14-16-4-2-3-5-18(16)21-10-12-23-13-11-21/h2-9H,10-14H2,1H3,(H,20,22). The van der Waals surface area contributed by atoms with Gasteiger partial charge >= 0.3 is 0 Å². The summed E-state index contributed by atoms with van der Waals surface area (Å²) >= 11 is 0. The van der Waals surface area contributed by atoms with E-state index in [4.69, 9.17) is 9.15 Å². The molecule has 0 atom stereocenters. The number of para-hydroxylation sites is 1. The molecule has 0 spiro atoms. The minimum absolute atomic E-state index is 0.138. The number of aryl methyl sites for hydroxylation is 1. The number of hydrogen-bond acceptors (Lipinski definition) is 4. The van der Waals surface area contributed by atoms with Gasteiger partial charge in [-0.3, -0.25) is 4.79 Å². The molecule has 1 aromatic heterocycles. The minimum atomic E-state index is -0.138. The van der Waals surface area contributed by atoms with Crippen LogP contribution >= 0.6 is 0 Å². The average molecular weight is 326 g/mol. The highest BCUT2D eigenvalue weighted by Gasteiger charge is 2.14. The Morgan fingerprint density at radius 1 is 1.21 bits per heavy atom. The van der Waals surface area contributed by atoms with Crippen LogP contribution in [0.3, 0.4) is 0 Å². The molecule has 126 valence electrons. The molecular formula is C19H22N2O3. The van der Waals surface area contributed by atoms with E-state index in [0.717, 1.165) is 43.3 Å². The van der Waals surface area contributed by atoms with E-state index in [1.54, 1.807) is 6.08 Å². The molecule has 1 fully saturated rings. The maximum atomic E-state index is 12.0. The van der Waals surface area contributed by atoms with Crippen molar-refractivity contribution in [2.24, 2.45) is 0 Å². The summed E-state index contributed by atoms with van der Waals surface area (Å²) in [5.74, 6) is 1.37. The number of rotatable bonds is 5. The third kappa shape index (κ3) is 4.26. The van der Waals surface area contributed by atoms with E-state index < -0.39 is 0 Å². The van der Waals surface area contributed by atoms with Gasteiger partial charge in [0, 0.05) is 31.4 Å². The van der Waals surface area contributed by atoms with Crippen LogP contribution in [0.2, 0.25) is 0 Å². The third-order valence-electron chi connectivity index (χ3n) is 3.96. The second-order valence-electron chi connectivity index (χ2n) is 5.73. The molecule has 1 saturated heterocycles. The highest BCUT2D eigenvalue weighted by Crippen LogP contribution is 2.21. The predicted octanol–water partition coefficient (Wildman–Crippen LogP) is 2.75. The highest BCUT2D eigenvalue weighted by molar-refractivity contribution is 5.91. The van der Waals surface area contributed by atoms with Crippen LogP contribution in [0.15, 0.2) is 46.9 Å². The summed E-state index contributed by atoms with van der Waals surface area (Å²) in [6.07, 6.45) is 3.17. The zero-order chi connectivity index (χ0) is 16.8. The van der Waals surface area contributed by atoms with Gasteiger partial charge in [0.2, 0.25) is 5.91 Å². The number of carbonyl (C=O) groups is 1. The Balaban J connectivity index is 1.60. The van der Waals surface area contributed by atoms with Crippen LogP contribution in [0, 0.1) is 6.92 Å². The van der Waals surface area contributed by atoms with Gasteiger partial charge in [-0.05, 0) is 36.8 Å². The molecule has 1 N–H and O–H groups in total. The summed E-state index contributed by atoms with van der Waals surface area (Å²) < 4.78 is 10.8. The summed E-state index contributed by atoms with van der Waals surface area (Å²) in [6, 6.07) is 11.9. The number of carbonyl (C=O) groups excluding carboxylic acids is 1. The van der Waals surface area contributed by atoms with Crippen LogP contribution < -0.4 is 10.2 Å². The molecule has 3 rings (SSSR count). The fourth-order valence-electron chi connectivity index (χ4n) is 2.72. The topological polar surface area (TPSA) is 54.7 Å². The predicted molar refractivity (Wildman–Crippen MR) is 93.8 cm³/mol. The fourth-order valence-corrected chi connectivity index (χ4v) is 2.72. The lowest BCUT2D eigenvalue weighted by atomic mass is 10.1.